The van der Waals surface area contributed by atoms with Crippen LogP contribution in [0.3, 0.4) is 0 Å². The molecule has 2 aliphatic rings. The fraction of sp³-hybridized carbons (Fsp3) is 0.333. The minimum atomic E-state index is -0.0228. The maximum atomic E-state index is 12.4. The zero-order chi connectivity index (χ0) is 14.8. The van der Waals surface area contributed by atoms with E-state index in [0.717, 1.165) is 23.8 Å². The Morgan fingerprint density at radius 2 is 2.24 bits per heavy atom. The Morgan fingerprint density at radius 1 is 1.38 bits per heavy atom. The SMILES string of the molecule is COc1cc2c(cc1C=O)CN(C(=O)N1C=CNC1)CC2. The molecule has 110 valence electrons. The molecule has 1 aromatic rings. The first kappa shape index (κ1) is 13.5. The Bertz CT molecular complexity index is 612. The number of urea groups is 1. The van der Waals surface area contributed by atoms with Gasteiger partial charge in [-0.15, -0.1) is 0 Å². The third-order valence-electron chi connectivity index (χ3n) is 3.84. The molecule has 2 amide bonds. The molecule has 1 aromatic carbocycles. The molecule has 6 nitrogen and oxygen atoms in total. The van der Waals surface area contributed by atoms with Crippen LogP contribution in [0.1, 0.15) is 21.5 Å². The second-order valence-electron chi connectivity index (χ2n) is 5.08. The number of rotatable bonds is 2. The second-order valence-corrected chi connectivity index (χ2v) is 5.08. The van der Waals surface area contributed by atoms with Gasteiger partial charge < -0.3 is 15.0 Å². The Morgan fingerprint density at radius 3 is 2.90 bits per heavy atom. The predicted octanol–water partition coefficient (Wildman–Crippen LogP) is 1.32. The molecule has 0 atom stereocenters. The maximum absolute atomic E-state index is 12.4. The highest BCUT2D eigenvalue weighted by Crippen LogP contribution is 2.27. The summed E-state index contributed by atoms with van der Waals surface area (Å²) in [5.41, 5.74) is 2.67. The molecule has 0 aliphatic carbocycles. The van der Waals surface area contributed by atoms with Gasteiger partial charge in [0.15, 0.2) is 6.29 Å². The van der Waals surface area contributed by atoms with E-state index in [-0.39, 0.29) is 6.03 Å². The predicted molar refractivity (Wildman–Crippen MR) is 76.9 cm³/mol. The average molecular weight is 287 g/mol. The standard InChI is InChI=1S/C15H17N3O3/c1-21-14-7-11-2-4-17(8-12(11)6-13(14)9-19)15(20)18-5-3-16-10-18/h3,5-7,9,16H,2,4,8,10H2,1H3. The number of ether oxygens (including phenoxy) is 1. The lowest BCUT2D eigenvalue weighted by Gasteiger charge is -2.31. The Hall–Kier alpha value is -2.50. The number of nitrogens with one attached hydrogen (secondary N) is 1. The van der Waals surface area contributed by atoms with Crippen LogP contribution in [0.5, 0.6) is 5.75 Å². The fourth-order valence-electron chi connectivity index (χ4n) is 2.70. The van der Waals surface area contributed by atoms with E-state index >= 15 is 0 Å². The van der Waals surface area contributed by atoms with Crippen molar-refractivity contribution in [1.82, 2.24) is 15.1 Å². The molecule has 2 heterocycles. The normalized spacial score (nSPS) is 16.4. The quantitative estimate of drug-likeness (QED) is 0.833. The molecule has 3 rings (SSSR count). The van der Waals surface area contributed by atoms with Crippen molar-refractivity contribution in [3.63, 3.8) is 0 Å². The van der Waals surface area contributed by atoms with Crippen LogP contribution in [0.4, 0.5) is 4.79 Å². The largest absolute Gasteiger partial charge is 0.496 e. The molecule has 0 radical (unpaired) electrons. The summed E-state index contributed by atoms with van der Waals surface area (Å²) < 4.78 is 5.22. The number of hydrogen-bond donors (Lipinski definition) is 1. The van der Waals surface area contributed by atoms with Crippen LogP contribution >= 0.6 is 0 Å². The van der Waals surface area contributed by atoms with E-state index in [2.05, 4.69) is 5.32 Å². The van der Waals surface area contributed by atoms with E-state index in [9.17, 15) is 9.59 Å². The van der Waals surface area contributed by atoms with E-state index < -0.39 is 0 Å². The molecule has 6 heteroatoms. The maximum Gasteiger partial charge on any atom is 0.325 e. The van der Waals surface area contributed by atoms with Crippen LogP contribution in [0.2, 0.25) is 0 Å². The number of amides is 2. The van der Waals surface area contributed by atoms with Crippen molar-refractivity contribution in [2.75, 3.05) is 20.3 Å². The number of hydrogen-bond acceptors (Lipinski definition) is 4. The summed E-state index contributed by atoms with van der Waals surface area (Å²) in [7, 11) is 1.56. The highest BCUT2D eigenvalue weighted by Gasteiger charge is 2.26. The summed E-state index contributed by atoms with van der Waals surface area (Å²) in [5, 5.41) is 2.98. The topological polar surface area (TPSA) is 61.9 Å². The average Bonchev–Trinajstić information content (AvgIpc) is 3.06. The molecule has 21 heavy (non-hydrogen) atoms. The third-order valence-corrected chi connectivity index (χ3v) is 3.84. The van der Waals surface area contributed by atoms with Crippen molar-refractivity contribution < 1.29 is 14.3 Å². The lowest BCUT2D eigenvalue weighted by molar-refractivity contribution is 0.112. The van der Waals surface area contributed by atoms with Gasteiger partial charge in [0.2, 0.25) is 0 Å². The van der Waals surface area contributed by atoms with E-state index in [0.29, 0.717) is 31.1 Å². The highest BCUT2D eigenvalue weighted by molar-refractivity contribution is 5.81. The van der Waals surface area contributed by atoms with E-state index in [1.165, 1.54) is 0 Å². The van der Waals surface area contributed by atoms with Crippen molar-refractivity contribution in [1.29, 1.82) is 0 Å². The number of methoxy groups -OCH3 is 1. The summed E-state index contributed by atoms with van der Waals surface area (Å²) in [5.74, 6) is 0.593. The van der Waals surface area contributed by atoms with Crippen molar-refractivity contribution >= 4 is 12.3 Å². The second kappa shape index (κ2) is 5.47. The highest BCUT2D eigenvalue weighted by atomic mass is 16.5. The Balaban J connectivity index is 1.83. The summed E-state index contributed by atoms with van der Waals surface area (Å²) in [4.78, 5) is 26.9. The summed E-state index contributed by atoms with van der Waals surface area (Å²) in [6, 6.07) is 3.70. The van der Waals surface area contributed by atoms with Gasteiger partial charge in [-0.3, -0.25) is 9.69 Å². The lowest BCUT2D eigenvalue weighted by Crippen LogP contribution is -2.43. The molecule has 2 aliphatic heterocycles. The first-order valence-electron chi connectivity index (χ1n) is 6.83. The van der Waals surface area contributed by atoms with Crippen molar-refractivity contribution in [2.24, 2.45) is 0 Å². The van der Waals surface area contributed by atoms with Gasteiger partial charge in [-0.2, -0.15) is 0 Å². The monoisotopic (exact) mass is 287 g/mol. The van der Waals surface area contributed by atoms with Crippen LogP contribution in [-0.4, -0.2) is 42.4 Å². The van der Waals surface area contributed by atoms with Crippen LogP contribution in [0, 0.1) is 0 Å². The minimum Gasteiger partial charge on any atom is -0.496 e. The molecular formula is C15H17N3O3. The summed E-state index contributed by atoms with van der Waals surface area (Å²) in [6.07, 6.45) is 5.04. The molecular weight excluding hydrogens is 270 g/mol. The zero-order valence-corrected chi connectivity index (χ0v) is 11.8. The van der Waals surface area contributed by atoms with Crippen molar-refractivity contribution in [2.45, 2.75) is 13.0 Å². The van der Waals surface area contributed by atoms with Gasteiger partial charge in [-0.05, 0) is 29.7 Å². The van der Waals surface area contributed by atoms with Gasteiger partial charge in [0.25, 0.3) is 0 Å². The van der Waals surface area contributed by atoms with Gasteiger partial charge >= 0.3 is 6.03 Å². The number of carbonyl (C=O) groups excluding carboxylic acids is 2. The van der Waals surface area contributed by atoms with Gasteiger partial charge in [0, 0.05) is 25.5 Å². The zero-order valence-electron chi connectivity index (χ0n) is 11.8. The lowest BCUT2D eigenvalue weighted by atomic mass is 9.97. The van der Waals surface area contributed by atoms with E-state index in [4.69, 9.17) is 4.74 Å². The molecule has 0 unspecified atom stereocenters. The number of nitrogens with zero attached hydrogens (tertiary/aromatic N) is 2. The summed E-state index contributed by atoms with van der Waals surface area (Å²) in [6.45, 7) is 1.69. The number of fused-ring (bicyclic) bond motifs is 1. The van der Waals surface area contributed by atoms with Crippen LogP contribution in [-0.2, 0) is 13.0 Å². The molecule has 0 fully saturated rings. The Kier molecular flexibility index (Phi) is 3.51. The van der Waals surface area contributed by atoms with Crippen LogP contribution in [0.15, 0.2) is 24.5 Å². The van der Waals surface area contributed by atoms with Crippen LogP contribution in [0.25, 0.3) is 0 Å². The number of benzene rings is 1. The van der Waals surface area contributed by atoms with Gasteiger partial charge in [-0.25, -0.2) is 4.79 Å². The van der Waals surface area contributed by atoms with Crippen LogP contribution < -0.4 is 10.1 Å². The minimum absolute atomic E-state index is 0.0228. The van der Waals surface area contributed by atoms with E-state index in [1.54, 1.807) is 29.3 Å². The molecule has 0 saturated carbocycles. The molecule has 0 bridgehead atoms. The number of aldehydes is 1. The Labute approximate surface area is 123 Å². The molecule has 0 spiro atoms. The molecule has 0 saturated heterocycles. The van der Waals surface area contributed by atoms with Crippen molar-refractivity contribution in [3.05, 3.63) is 41.2 Å². The summed E-state index contributed by atoms with van der Waals surface area (Å²) >= 11 is 0. The van der Waals surface area contributed by atoms with Gasteiger partial charge in [0.1, 0.15) is 5.75 Å². The molecule has 0 aromatic heterocycles. The fourth-order valence-corrected chi connectivity index (χ4v) is 2.70. The van der Waals surface area contributed by atoms with Crippen molar-refractivity contribution in [3.8, 4) is 5.75 Å². The van der Waals surface area contributed by atoms with Gasteiger partial charge in [0.05, 0.1) is 19.3 Å². The third kappa shape index (κ3) is 2.44. The number of carbonyl (C=O) groups is 2. The smallest absolute Gasteiger partial charge is 0.325 e. The van der Waals surface area contributed by atoms with Gasteiger partial charge in [-0.1, -0.05) is 0 Å². The molecule has 1 N–H and O–H groups in total. The first-order valence-corrected chi connectivity index (χ1v) is 6.83. The van der Waals surface area contributed by atoms with E-state index in [1.807, 2.05) is 12.1 Å². The first-order chi connectivity index (χ1) is 10.2.